The lowest BCUT2D eigenvalue weighted by Crippen LogP contribution is -2.02. The van der Waals surface area contributed by atoms with Crippen LogP contribution in [0.15, 0.2) is 69.2 Å². The average molecular weight is 401 g/mol. The second-order valence-electron chi connectivity index (χ2n) is 6.01. The summed E-state index contributed by atoms with van der Waals surface area (Å²) in [5.41, 5.74) is 0.985. The van der Waals surface area contributed by atoms with Gasteiger partial charge in [0.1, 0.15) is 16.7 Å². The normalized spacial score (nSPS) is 11.3. The smallest absolute Gasteiger partial charge is 0.345 e. The van der Waals surface area contributed by atoms with Crippen molar-refractivity contribution in [2.45, 2.75) is 0 Å². The van der Waals surface area contributed by atoms with Crippen molar-refractivity contribution in [3.63, 3.8) is 0 Å². The Morgan fingerprint density at radius 2 is 1.97 bits per heavy atom. The van der Waals surface area contributed by atoms with E-state index >= 15 is 0 Å². The highest BCUT2D eigenvalue weighted by Gasteiger charge is 2.16. The molecule has 0 bridgehead atoms. The van der Waals surface area contributed by atoms with Gasteiger partial charge < -0.3 is 4.42 Å². The van der Waals surface area contributed by atoms with E-state index in [0.717, 1.165) is 5.39 Å². The van der Waals surface area contributed by atoms with Gasteiger partial charge in [-0.25, -0.2) is 9.78 Å². The van der Waals surface area contributed by atoms with Gasteiger partial charge in [-0.3, -0.25) is 10.1 Å². The predicted molar refractivity (Wildman–Crippen MR) is 110 cm³/mol. The Kier molecular flexibility index (Phi) is 4.73. The summed E-state index contributed by atoms with van der Waals surface area (Å²) in [5.74, 6) is 0. The molecule has 0 N–H and O–H groups in total. The molecule has 140 valence electrons. The molecule has 0 saturated carbocycles. The molecule has 0 fully saturated rings. The second-order valence-corrected chi connectivity index (χ2v) is 6.87. The van der Waals surface area contributed by atoms with Crippen molar-refractivity contribution in [1.82, 2.24) is 4.98 Å². The van der Waals surface area contributed by atoms with Gasteiger partial charge in [0.2, 0.25) is 0 Å². The number of thiazole rings is 1. The Balaban J connectivity index is 1.77. The molecule has 0 amide bonds. The maximum Gasteiger partial charge on any atom is 0.345 e. The molecular weight excluding hydrogens is 390 g/mol. The molecule has 0 aliphatic carbocycles. The lowest BCUT2D eigenvalue weighted by Gasteiger charge is -1.99. The fourth-order valence-corrected chi connectivity index (χ4v) is 3.62. The Labute approximate surface area is 168 Å². The summed E-state index contributed by atoms with van der Waals surface area (Å²) in [6.45, 7) is 0. The van der Waals surface area contributed by atoms with E-state index in [4.69, 9.17) is 4.42 Å². The Bertz CT molecular complexity index is 1380. The third kappa shape index (κ3) is 3.54. The van der Waals surface area contributed by atoms with Crippen LogP contribution in [0.4, 0.5) is 5.69 Å². The number of allylic oxidation sites excluding steroid dienone is 1. The zero-order valence-electron chi connectivity index (χ0n) is 14.7. The van der Waals surface area contributed by atoms with Crippen LogP contribution in [0.25, 0.3) is 33.9 Å². The topological polar surface area (TPSA) is 110 Å². The second kappa shape index (κ2) is 7.50. The van der Waals surface area contributed by atoms with Crippen LogP contribution in [0.3, 0.4) is 0 Å². The first-order valence-electron chi connectivity index (χ1n) is 8.41. The van der Waals surface area contributed by atoms with Crippen molar-refractivity contribution >= 4 is 39.6 Å². The third-order valence-corrected chi connectivity index (χ3v) is 5.08. The molecule has 2 aromatic carbocycles. The third-order valence-electron chi connectivity index (χ3n) is 4.21. The zero-order valence-corrected chi connectivity index (χ0v) is 15.6. The van der Waals surface area contributed by atoms with Crippen LogP contribution in [0.5, 0.6) is 0 Å². The summed E-state index contributed by atoms with van der Waals surface area (Å²) in [6.07, 6.45) is 1.42. The van der Waals surface area contributed by atoms with Crippen LogP contribution in [0, 0.1) is 21.4 Å². The Morgan fingerprint density at radius 3 is 2.76 bits per heavy atom. The Morgan fingerprint density at radius 1 is 1.21 bits per heavy atom. The average Bonchev–Trinajstić information content (AvgIpc) is 3.21. The number of hydrogen-bond acceptors (Lipinski definition) is 7. The highest BCUT2D eigenvalue weighted by Crippen LogP contribution is 2.29. The maximum absolute atomic E-state index is 12.3. The first kappa shape index (κ1) is 18.3. The molecule has 0 atom stereocenters. The van der Waals surface area contributed by atoms with Crippen LogP contribution in [-0.2, 0) is 0 Å². The monoisotopic (exact) mass is 401 g/mol. The van der Waals surface area contributed by atoms with Crippen molar-refractivity contribution in [2.75, 3.05) is 0 Å². The molecule has 4 aromatic rings. The largest absolute Gasteiger partial charge is 0.422 e. The summed E-state index contributed by atoms with van der Waals surface area (Å²) < 4.78 is 5.34. The number of para-hydroxylation sites is 2. The number of aromatic nitrogens is 1. The number of nitriles is 1. The van der Waals surface area contributed by atoms with Crippen LogP contribution in [-0.4, -0.2) is 9.91 Å². The van der Waals surface area contributed by atoms with E-state index in [2.05, 4.69) is 4.98 Å². The number of nitro benzene ring substituents is 1. The van der Waals surface area contributed by atoms with Gasteiger partial charge in [-0.05, 0) is 24.3 Å². The van der Waals surface area contributed by atoms with Gasteiger partial charge in [0.25, 0.3) is 5.69 Å². The van der Waals surface area contributed by atoms with Gasteiger partial charge in [-0.1, -0.05) is 30.3 Å². The highest BCUT2D eigenvalue weighted by atomic mass is 32.1. The zero-order chi connectivity index (χ0) is 20.4. The fourth-order valence-electron chi connectivity index (χ4n) is 2.83. The fraction of sp³-hybridized carbons (Fsp3) is 0. The van der Waals surface area contributed by atoms with E-state index in [9.17, 15) is 20.2 Å². The van der Waals surface area contributed by atoms with E-state index in [-0.39, 0.29) is 16.8 Å². The SMILES string of the molecule is N#C/C(=C/c1ccccc1[N+](=O)[O-])c1nc(-c2cc3ccccc3oc2=O)cs1. The number of fused-ring (bicyclic) bond motifs is 1. The maximum atomic E-state index is 12.3. The van der Waals surface area contributed by atoms with Crippen LogP contribution in [0.1, 0.15) is 10.6 Å². The van der Waals surface area contributed by atoms with Gasteiger partial charge in [0, 0.05) is 16.8 Å². The summed E-state index contributed by atoms with van der Waals surface area (Å²) in [7, 11) is 0. The van der Waals surface area contributed by atoms with Gasteiger partial charge >= 0.3 is 5.63 Å². The minimum atomic E-state index is -0.526. The van der Waals surface area contributed by atoms with Gasteiger partial charge in [0.05, 0.1) is 27.3 Å². The first-order chi connectivity index (χ1) is 14.1. The van der Waals surface area contributed by atoms with Crippen molar-refractivity contribution < 1.29 is 9.34 Å². The summed E-state index contributed by atoms with van der Waals surface area (Å²) >= 11 is 1.17. The van der Waals surface area contributed by atoms with E-state index < -0.39 is 10.5 Å². The molecule has 2 heterocycles. The molecule has 7 nitrogen and oxygen atoms in total. The van der Waals surface area contributed by atoms with E-state index in [0.29, 0.717) is 21.8 Å². The molecule has 29 heavy (non-hydrogen) atoms. The molecule has 0 aliphatic heterocycles. The summed E-state index contributed by atoms with van der Waals surface area (Å²) in [5, 5.41) is 23.5. The van der Waals surface area contributed by atoms with E-state index in [1.165, 1.54) is 23.5 Å². The van der Waals surface area contributed by atoms with Crippen molar-refractivity contribution in [1.29, 1.82) is 5.26 Å². The molecule has 0 aliphatic rings. The molecule has 0 spiro atoms. The highest BCUT2D eigenvalue weighted by molar-refractivity contribution is 7.11. The number of hydrogen-bond donors (Lipinski definition) is 0. The number of nitro groups is 1. The van der Waals surface area contributed by atoms with Gasteiger partial charge in [-0.2, -0.15) is 5.26 Å². The minimum Gasteiger partial charge on any atom is -0.422 e. The summed E-state index contributed by atoms with van der Waals surface area (Å²) in [6, 6.07) is 17.0. The van der Waals surface area contributed by atoms with Crippen molar-refractivity contribution in [3.8, 4) is 17.3 Å². The first-order valence-corrected chi connectivity index (χ1v) is 9.29. The van der Waals surface area contributed by atoms with E-state index in [1.807, 2.05) is 18.2 Å². The molecule has 2 aromatic heterocycles. The van der Waals surface area contributed by atoms with Gasteiger partial charge in [0.15, 0.2) is 0 Å². The predicted octanol–water partition coefficient (Wildman–Crippen LogP) is 4.89. The van der Waals surface area contributed by atoms with Crippen LogP contribution < -0.4 is 5.63 Å². The number of rotatable bonds is 4. The molecule has 4 rings (SSSR count). The van der Waals surface area contributed by atoms with Crippen molar-refractivity contribution in [2.24, 2.45) is 0 Å². The Hall–Kier alpha value is -4.09. The van der Waals surface area contributed by atoms with Crippen LogP contribution in [0.2, 0.25) is 0 Å². The molecular formula is C21H11N3O4S. The van der Waals surface area contributed by atoms with Gasteiger partial charge in [-0.15, -0.1) is 11.3 Å². The number of nitrogens with zero attached hydrogens (tertiary/aromatic N) is 3. The minimum absolute atomic E-state index is 0.104. The molecule has 0 radical (unpaired) electrons. The van der Waals surface area contributed by atoms with E-state index in [1.54, 1.807) is 41.8 Å². The standard InChI is InChI=1S/C21H11N3O4S/c22-11-15(9-13-5-1-3-7-18(13)24(26)27)20-23-17(12-29-20)16-10-14-6-2-4-8-19(14)28-21(16)25/h1-10,12H/b15-9-. The summed E-state index contributed by atoms with van der Waals surface area (Å²) in [4.78, 5) is 27.4. The molecule has 0 saturated heterocycles. The number of benzene rings is 2. The lowest BCUT2D eigenvalue weighted by atomic mass is 10.1. The quantitative estimate of drug-likeness (QED) is 0.208. The van der Waals surface area contributed by atoms with Crippen molar-refractivity contribution in [3.05, 3.63) is 91.1 Å². The molecule has 0 unspecified atom stereocenters. The lowest BCUT2D eigenvalue weighted by molar-refractivity contribution is -0.385. The molecule has 8 heteroatoms. The van der Waals surface area contributed by atoms with Crippen LogP contribution >= 0.6 is 11.3 Å².